The molecular weight excluding hydrogens is 550 g/mol. The fourth-order valence-electron chi connectivity index (χ4n) is 6.26. The average Bonchev–Trinajstić information content (AvgIpc) is 3.44. The Kier molecular flexibility index (Phi) is 6.62. The molecule has 1 aromatic heterocycles. The summed E-state index contributed by atoms with van der Waals surface area (Å²) in [5, 5.41) is 32.2. The Bertz CT molecular complexity index is 2400. The lowest BCUT2D eigenvalue weighted by Gasteiger charge is -2.16. The molecule has 0 bridgehead atoms. The van der Waals surface area contributed by atoms with Gasteiger partial charge in [0.1, 0.15) is 0 Å². The summed E-state index contributed by atoms with van der Waals surface area (Å²) in [6.45, 7) is 7.95. The molecule has 1 heterocycles. The fourth-order valence-corrected chi connectivity index (χ4v) is 6.26. The van der Waals surface area contributed by atoms with Crippen molar-refractivity contribution in [1.29, 1.82) is 15.8 Å². The monoisotopic (exact) mass is 571 g/mol. The van der Waals surface area contributed by atoms with E-state index in [-0.39, 0.29) is 0 Å². The SMILES string of the molecule is [C-]#[N+]c1cccc(C#N)c1-c1cc2c3cccc(-c4c(C#N)cccc4C#N)c3n(-c3ccccc3)c2cc1-c1ccccc1. The van der Waals surface area contributed by atoms with E-state index in [1.807, 2.05) is 78.9 Å². The third kappa shape index (κ3) is 4.29. The highest BCUT2D eigenvalue weighted by Gasteiger charge is 2.23. The molecule has 0 fully saturated rings. The maximum absolute atomic E-state index is 10.2. The standard InChI is InChI=1S/C40H21N5/c1-44-36-20-9-15-29(25-43)39(36)35-21-34-31-18-10-19-32(38-27(23-41)13-8-14-28(38)24-42)40(31)45(30-16-6-3-7-17-30)37(34)22-33(35)26-11-4-2-5-12-26/h2-22H. The summed E-state index contributed by atoms with van der Waals surface area (Å²) in [7, 11) is 0. The van der Waals surface area contributed by atoms with E-state index in [1.165, 1.54) is 0 Å². The summed E-state index contributed by atoms with van der Waals surface area (Å²) in [6.07, 6.45) is 0. The van der Waals surface area contributed by atoms with Crippen LogP contribution in [0.5, 0.6) is 0 Å². The summed E-state index contributed by atoms with van der Waals surface area (Å²) in [4.78, 5) is 3.81. The molecule has 0 aliphatic rings. The average molecular weight is 572 g/mol. The minimum atomic E-state index is 0.402. The van der Waals surface area contributed by atoms with Crippen molar-refractivity contribution in [3.63, 3.8) is 0 Å². The van der Waals surface area contributed by atoms with Crippen LogP contribution in [0.3, 0.4) is 0 Å². The molecule has 0 saturated carbocycles. The van der Waals surface area contributed by atoms with E-state index in [1.54, 1.807) is 36.4 Å². The maximum Gasteiger partial charge on any atom is 0.196 e. The first-order valence-electron chi connectivity index (χ1n) is 14.2. The van der Waals surface area contributed by atoms with Crippen LogP contribution in [0.4, 0.5) is 5.69 Å². The Balaban J connectivity index is 1.72. The van der Waals surface area contributed by atoms with Crippen molar-refractivity contribution in [3.05, 3.63) is 156 Å². The van der Waals surface area contributed by atoms with Crippen molar-refractivity contribution in [3.8, 4) is 57.3 Å². The van der Waals surface area contributed by atoms with Crippen LogP contribution in [0.25, 0.3) is 65.7 Å². The van der Waals surface area contributed by atoms with Crippen molar-refractivity contribution in [2.45, 2.75) is 0 Å². The number of nitriles is 3. The first-order valence-corrected chi connectivity index (χ1v) is 14.2. The number of hydrogen-bond acceptors (Lipinski definition) is 3. The largest absolute Gasteiger partial charge is 0.309 e. The molecule has 0 spiro atoms. The molecule has 0 amide bonds. The van der Waals surface area contributed by atoms with Crippen LogP contribution in [0.1, 0.15) is 16.7 Å². The van der Waals surface area contributed by atoms with Gasteiger partial charge in [-0.3, -0.25) is 0 Å². The quantitative estimate of drug-likeness (QED) is 0.197. The lowest BCUT2D eigenvalue weighted by Crippen LogP contribution is -1.98. The van der Waals surface area contributed by atoms with Crippen LogP contribution in [0, 0.1) is 40.6 Å². The third-order valence-corrected chi connectivity index (χ3v) is 8.15. The Hall–Kier alpha value is -6.92. The number of fused-ring (bicyclic) bond motifs is 3. The lowest BCUT2D eigenvalue weighted by atomic mass is 9.89. The zero-order valence-electron chi connectivity index (χ0n) is 23.9. The van der Waals surface area contributed by atoms with Gasteiger partial charge in [0, 0.05) is 38.7 Å². The molecule has 0 unspecified atom stereocenters. The van der Waals surface area contributed by atoms with Gasteiger partial charge in [0.15, 0.2) is 5.69 Å². The number of nitrogens with zero attached hydrogens (tertiary/aromatic N) is 5. The zero-order valence-corrected chi connectivity index (χ0v) is 23.9. The topological polar surface area (TPSA) is 80.7 Å². The van der Waals surface area contributed by atoms with Crippen molar-refractivity contribution in [2.75, 3.05) is 0 Å². The van der Waals surface area contributed by atoms with Gasteiger partial charge in [-0.15, -0.1) is 0 Å². The summed E-state index contributed by atoms with van der Waals surface area (Å²) in [5.74, 6) is 0. The van der Waals surface area contributed by atoms with Gasteiger partial charge >= 0.3 is 0 Å². The van der Waals surface area contributed by atoms with E-state index in [0.29, 0.717) is 33.5 Å². The van der Waals surface area contributed by atoms with Gasteiger partial charge < -0.3 is 4.57 Å². The third-order valence-electron chi connectivity index (χ3n) is 8.15. The molecular formula is C40H21N5. The smallest absolute Gasteiger partial charge is 0.196 e. The summed E-state index contributed by atoms with van der Waals surface area (Å²) < 4.78 is 2.18. The molecule has 0 aliphatic heterocycles. The first-order chi connectivity index (χ1) is 22.2. The van der Waals surface area contributed by atoms with Gasteiger partial charge in [0.25, 0.3) is 0 Å². The lowest BCUT2D eigenvalue weighted by molar-refractivity contribution is 1.18. The molecule has 6 aromatic carbocycles. The molecule has 0 aliphatic carbocycles. The number of para-hydroxylation sites is 2. The summed E-state index contributed by atoms with van der Waals surface area (Å²) in [5.41, 5.74) is 8.91. The number of benzene rings is 6. The van der Waals surface area contributed by atoms with Crippen LogP contribution in [0.15, 0.2) is 127 Å². The van der Waals surface area contributed by atoms with E-state index in [0.717, 1.165) is 49.7 Å². The second-order valence-corrected chi connectivity index (χ2v) is 10.5. The van der Waals surface area contributed by atoms with Gasteiger partial charge in [-0.25, -0.2) is 4.85 Å². The number of aromatic nitrogens is 1. The van der Waals surface area contributed by atoms with Gasteiger partial charge in [-0.2, -0.15) is 15.8 Å². The highest BCUT2D eigenvalue weighted by atomic mass is 15.0. The van der Waals surface area contributed by atoms with Gasteiger partial charge in [0.2, 0.25) is 0 Å². The summed E-state index contributed by atoms with van der Waals surface area (Å²) in [6, 6.07) is 47.5. The minimum absolute atomic E-state index is 0.402. The highest BCUT2D eigenvalue weighted by Crippen LogP contribution is 2.46. The van der Waals surface area contributed by atoms with Gasteiger partial charge in [-0.1, -0.05) is 84.9 Å². The van der Waals surface area contributed by atoms with Crippen molar-refractivity contribution < 1.29 is 0 Å². The number of rotatable bonds is 4. The predicted octanol–water partition coefficient (Wildman–Crippen LogP) is 9.95. The van der Waals surface area contributed by atoms with Crippen LogP contribution >= 0.6 is 0 Å². The maximum atomic E-state index is 10.2. The van der Waals surface area contributed by atoms with Crippen molar-refractivity contribution >= 4 is 27.5 Å². The van der Waals surface area contributed by atoms with E-state index in [2.05, 4.69) is 39.8 Å². The Labute approximate surface area is 260 Å². The van der Waals surface area contributed by atoms with Crippen molar-refractivity contribution in [1.82, 2.24) is 4.57 Å². The van der Waals surface area contributed by atoms with Crippen LogP contribution in [0.2, 0.25) is 0 Å². The summed E-state index contributed by atoms with van der Waals surface area (Å²) >= 11 is 0. The second-order valence-electron chi connectivity index (χ2n) is 10.5. The fraction of sp³-hybridized carbons (Fsp3) is 0. The molecule has 0 radical (unpaired) electrons. The van der Waals surface area contributed by atoms with Crippen LogP contribution in [-0.4, -0.2) is 4.57 Å². The molecule has 5 nitrogen and oxygen atoms in total. The molecule has 45 heavy (non-hydrogen) atoms. The van der Waals surface area contributed by atoms with E-state index in [4.69, 9.17) is 6.57 Å². The highest BCUT2D eigenvalue weighted by molar-refractivity contribution is 6.17. The first kappa shape index (κ1) is 26.9. The van der Waals surface area contributed by atoms with E-state index < -0.39 is 0 Å². The number of hydrogen-bond donors (Lipinski definition) is 0. The Morgan fingerprint density at radius 1 is 0.533 bits per heavy atom. The van der Waals surface area contributed by atoms with Gasteiger partial charge in [0.05, 0.1) is 46.9 Å². The normalized spacial score (nSPS) is 10.6. The minimum Gasteiger partial charge on any atom is -0.309 e. The zero-order chi connectivity index (χ0) is 30.9. The molecule has 7 aromatic rings. The van der Waals surface area contributed by atoms with Crippen molar-refractivity contribution in [2.24, 2.45) is 0 Å². The van der Waals surface area contributed by atoms with Crippen LogP contribution < -0.4 is 0 Å². The molecule has 5 heteroatoms. The van der Waals surface area contributed by atoms with E-state index in [9.17, 15) is 15.8 Å². The second kappa shape index (κ2) is 11.1. The molecule has 0 atom stereocenters. The predicted molar refractivity (Wildman–Crippen MR) is 177 cm³/mol. The Morgan fingerprint density at radius 3 is 1.78 bits per heavy atom. The Morgan fingerprint density at radius 2 is 1.13 bits per heavy atom. The molecule has 206 valence electrons. The molecule has 7 rings (SSSR count). The van der Waals surface area contributed by atoms with E-state index >= 15 is 0 Å². The van der Waals surface area contributed by atoms with Gasteiger partial charge in [-0.05, 0) is 59.2 Å². The molecule has 0 saturated heterocycles. The van der Waals surface area contributed by atoms with Crippen LogP contribution in [-0.2, 0) is 0 Å². The molecule has 0 N–H and O–H groups in total.